The Hall–Kier alpha value is -2.27. The lowest BCUT2D eigenvalue weighted by atomic mass is 10.1. The third-order valence-electron chi connectivity index (χ3n) is 6.53. The van der Waals surface area contributed by atoms with E-state index in [9.17, 15) is 29.6 Å². The van der Waals surface area contributed by atoms with Crippen molar-refractivity contribution in [1.29, 1.82) is 0 Å². The van der Waals surface area contributed by atoms with Crippen LogP contribution < -0.4 is 5.32 Å². The standard InChI is InChI=1S/C28H52N2O9/c1-3-5-7-9-10-11-13-14-16-26(33)38-21-20-23(39-27(34)17-15-12-8-6-4-2)22-29-28(35)24(30(36)37)18-19-25(31)32/h23-24,26,33H,3-22H2,1-2H3,(H,29,35)(H,31,32). The number of aliphatic carboxylic acids is 1. The van der Waals surface area contributed by atoms with Gasteiger partial charge in [0.15, 0.2) is 6.29 Å². The molecular formula is C28H52N2O9. The van der Waals surface area contributed by atoms with E-state index in [1.807, 2.05) is 0 Å². The zero-order valence-electron chi connectivity index (χ0n) is 24.1. The van der Waals surface area contributed by atoms with Crippen molar-refractivity contribution in [2.75, 3.05) is 13.2 Å². The molecule has 0 saturated heterocycles. The number of nitrogens with zero attached hydrogens (tertiary/aromatic N) is 1. The van der Waals surface area contributed by atoms with Crippen LogP contribution in [0.15, 0.2) is 0 Å². The van der Waals surface area contributed by atoms with E-state index >= 15 is 0 Å². The fourth-order valence-corrected chi connectivity index (χ4v) is 4.12. The summed E-state index contributed by atoms with van der Waals surface area (Å²) in [5.74, 6) is -2.59. The average molecular weight is 561 g/mol. The quantitative estimate of drug-likeness (QED) is 0.0405. The van der Waals surface area contributed by atoms with Crippen molar-refractivity contribution < 1.29 is 39.0 Å². The summed E-state index contributed by atoms with van der Waals surface area (Å²) in [4.78, 5) is 45.8. The number of nitrogens with one attached hydrogen (secondary N) is 1. The van der Waals surface area contributed by atoms with Gasteiger partial charge in [-0.25, -0.2) is 0 Å². The number of rotatable bonds is 27. The third kappa shape index (κ3) is 22.3. The molecule has 39 heavy (non-hydrogen) atoms. The van der Waals surface area contributed by atoms with Crippen LogP contribution in [-0.2, 0) is 23.9 Å². The molecule has 0 aliphatic rings. The highest BCUT2D eigenvalue weighted by molar-refractivity contribution is 5.81. The van der Waals surface area contributed by atoms with Crippen molar-refractivity contribution in [3.05, 3.63) is 10.1 Å². The molecule has 3 N–H and O–H groups in total. The number of esters is 1. The Balaban J connectivity index is 4.63. The van der Waals surface area contributed by atoms with Crippen LogP contribution in [0.4, 0.5) is 0 Å². The van der Waals surface area contributed by atoms with Crippen molar-refractivity contribution in [3.63, 3.8) is 0 Å². The number of amides is 1. The first-order valence-electron chi connectivity index (χ1n) is 14.8. The minimum atomic E-state index is -1.71. The average Bonchev–Trinajstić information content (AvgIpc) is 2.88. The van der Waals surface area contributed by atoms with Gasteiger partial charge in [0.1, 0.15) is 6.10 Å². The predicted octanol–water partition coefficient (Wildman–Crippen LogP) is 5.14. The highest BCUT2D eigenvalue weighted by Gasteiger charge is 2.31. The summed E-state index contributed by atoms with van der Waals surface area (Å²) in [6.45, 7) is 4.21. The van der Waals surface area contributed by atoms with E-state index in [2.05, 4.69) is 19.2 Å². The minimum absolute atomic E-state index is 0.0835. The van der Waals surface area contributed by atoms with Gasteiger partial charge >= 0.3 is 11.9 Å². The second-order valence-electron chi connectivity index (χ2n) is 10.1. The highest BCUT2D eigenvalue weighted by Crippen LogP contribution is 2.12. The first-order chi connectivity index (χ1) is 18.7. The largest absolute Gasteiger partial charge is 0.481 e. The van der Waals surface area contributed by atoms with Crippen LogP contribution in [0.5, 0.6) is 0 Å². The molecule has 0 bridgehead atoms. The summed E-state index contributed by atoms with van der Waals surface area (Å²) in [6.07, 6.45) is 12.2. The Morgan fingerprint density at radius 1 is 0.821 bits per heavy atom. The second-order valence-corrected chi connectivity index (χ2v) is 10.1. The molecule has 0 aliphatic heterocycles. The number of ether oxygens (including phenoxy) is 2. The maximum absolute atomic E-state index is 12.3. The summed E-state index contributed by atoms with van der Waals surface area (Å²) in [7, 11) is 0. The Bertz CT molecular complexity index is 675. The summed E-state index contributed by atoms with van der Waals surface area (Å²) in [5.41, 5.74) is 0. The number of hydrogen-bond donors (Lipinski definition) is 3. The number of carboxylic acids is 1. The Kier molecular flexibility index (Phi) is 23.3. The summed E-state index contributed by atoms with van der Waals surface area (Å²) < 4.78 is 11.0. The zero-order chi connectivity index (χ0) is 29.3. The normalized spacial score (nSPS) is 13.4. The van der Waals surface area contributed by atoms with Crippen LogP contribution in [0.1, 0.15) is 129 Å². The Morgan fingerprint density at radius 3 is 1.95 bits per heavy atom. The number of carbonyl (C=O) groups excluding carboxylic acids is 2. The van der Waals surface area contributed by atoms with Crippen molar-refractivity contribution in [3.8, 4) is 0 Å². The molecule has 3 unspecified atom stereocenters. The maximum Gasteiger partial charge on any atom is 0.306 e. The van der Waals surface area contributed by atoms with E-state index < -0.39 is 54.0 Å². The topological polar surface area (TPSA) is 165 Å². The molecule has 0 saturated carbocycles. The zero-order valence-corrected chi connectivity index (χ0v) is 24.1. The van der Waals surface area contributed by atoms with Gasteiger partial charge in [-0.2, -0.15) is 0 Å². The van der Waals surface area contributed by atoms with Gasteiger partial charge in [0.2, 0.25) is 0 Å². The molecule has 0 radical (unpaired) electrons. The second kappa shape index (κ2) is 24.7. The first kappa shape index (κ1) is 36.7. The van der Waals surface area contributed by atoms with Gasteiger partial charge in [-0.1, -0.05) is 84.5 Å². The van der Waals surface area contributed by atoms with Crippen molar-refractivity contribution in [1.82, 2.24) is 5.32 Å². The maximum atomic E-state index is 12.3. The molecule has 228 valence electrons. The molecule has 1 amide bonds. The lowest BCUT2D eigenvalue weighted by Gasteiger charge is -2.20. The molecular weight excluding hydrogens is 508 g/mol. The van der Waals surface area contributed by atoms with Gasteiger partial charge in [0, 0.05) is 24.2 Å². The lowest BCUT2D eigenvalue weighted by molar-refractivity contribution is -0.508. The summed E-state index contributed by atoms with van der Waals surface area (Å²) >= 11 is 0. The van der Waals surface area contributed by atoms with Gasteiger partial charge in [-0.05, 0) is 19.3 Å². The van der Waals surface area contributed by atoms with E-state index in [-0.39, 0.29) is 26.0 Å². The minimum Gasteiger partial charge on any atom is -0.481 e. The highest BCUT2D eigenvalue weighted by atomic mass is 16.6. The van der Waals surface area contributed by atoms with Crippen LogP contribution in [0.25, 0.3) is 0 Å². The fourth-order valence-electron chi connectivity index (χ4n) is 4.12. The predicted molar refractivity (Wildman–Crippen MR) is 148 cm³/mol. The van der Waals surface area contributed by atoms with Crippen LogP contribution in [0, 0.1) is 10.1 Å². The van der Waals surface area contributed by atoms with Crippen LogP contribution in [0.2, 0.25) is 0 Å². The third-order valence-corrected chi connectivity index (χ3v) is 6.53. The molecule has 0 heterocycles. The van der Waals surface area contributed by atoms with Gasteiger partial charge in [0.05, 0.1) is 19.6 Å². The molecule has 0 aromatic carbocycles. The SMILES string of the molecule is CCCCCCCCCCC(O)OCCC(CNC(=O)C(CCC(=O)O)[N+](=O)[O-])OC(=O)CCCCCCC. The lowest BCUT2D eigenvalue weighted by Crippen LogP contribution is -2.44. The Morgan fingerprint density at radius 2 is 1.38 bits per heavy atom. The number of nitro groups is 1. The number of carboxylic acid groups (broad SMARTS) is 1. The number of unbranched alkanes of at least 4 members (excludes halogenated alkanes) is 11. The van der Waals surface area contributed by atoms with Gasteiger partial charge in [0.25, 0.3) is 11.9 Å². The smallest absolute Gasteiger partial charge is 0.306 e. The van der Waals surface area contributed by atoms with Gasteiger partial charge in [-0.15, -0.1) is 0 Å². The number of carbonyl (C=O) groups is 3. The Labute approximate surface area is 233 Å². The molecule has 0 fully saturated rings. The van der Waals surface area contributed by atoms with E-state index in [1.165, 1.54) is 32.1 Å². The molecule has 0 aliphatic carbocycles. The molecule has 3 atom stereocenters. The fraction of sp³-hybridized carbons (Fsp3) is 0.893. The summed E-state index contributed by atoms with van der Waals surface area (Å²) in [6, 6.07) is -1.71. The monoisotopic (exact) mass is 560 g/mol. The first-order valence-corrected chi connectivity index (χ1v) is 14.8. The van der Waals surface area contributed by atoms with Gasteiger partial charge < -0.3 is 25.0 Å². The molecule has 11 heteroatoms. The number of aliphatic hydroxyl groups is 1. The number of aliphatic hydroxyl groups excluding tert-OH is 1. The van der Waals surface area contributed by atoms with Crippen molar-refractivity contribution >= 4 is 17.8 Å². The molecule has 0 spiro atoms. The molecule has 11 nitrogen and oxygen atoms in total. The van der Waals surface area contributed by atoms with E-state index in [1.54, 1.807) is 0 Å². The van der Waals surface area contributed by atoms with E-state index in [0.717, 1.165) is 44.9 Å². The van der Waals surface area contributed by atoms with E-state index in [0.29, 0.717) is 12.8 Å². The number of hydrogen-bond acceptors (Lipinski definition) is 8. The van der Waals surface area contributed by atoms with Crippen LogP contribution >= 0.6 is 0 Å². The van der Waals surface area contributed by atoms with Crippen LogP contribution in [-0.4, -0.2) is 64.6 Å². The van der Waals surface area contributed by atoms with Crippen molar-refractivity contribution in [2.45, 2.75) is 148 Å². The summed E-state index contributed by atoms with van der Waals surface area (Å²) in [5, 5.41) is 32.5. The molecule has 0 aromatic heterocycles. The van der Waals surface area contributed by atoms with Crippen molar-refractivity contribution in [2.24, 2.45) is 0 Å². The van der Waals surface area contributed by atoms with Crippen LogP contribution in [0.3, 0.4) is 0 Å². The molecule has 0 aromatic rings. The molecule has 0 rings (SSSR count). The van der Waals surface area contributed by atoms with Gasteiger partial charge in [-0.3, -0.25) is 24.5 Å². The van der Waals surface area contributed by atoms with E-state index in [4.69, 9.17) is 14.6 Å².